The van der Waals surface area contributed by atoms with Crippen LogP contribution in [0.4, 0.5) is 11.4 Å². The number of carbonyl (C=O) groups is 1. The van der Waals surface area contributed by atoms with Gasteiger partial charge in [-0.05, 0) is 62.5 Å². The number of hydrogen-bond donors (Lipinski definition) is 3. The van der Waals surface area contributed by atoms with Crippen LogP contribution in [0.1, 0.15) is 38.8 Å². The van der Waals surface area contributed by atoms with Crippen LogP contribution in [0.3, 0.4) is 0 Å². The lowest BCUT2D eigenvalue weighted by Crippen LogP contribution is -2.47. The summed E-state index contributed by atoms with van der Waals surface area (Å²) in [6.45, 7) is 11.2. The van der Waals surface area contributed by atoms with Gasteiger partial charge in [0, 0.05) is 56.1 Å². The molecule has 0 bridgehead atoms. The summed E-state index contributed by atoms with van der Waals surface area (Å²) in [4.78, 5) is 27.1. The van der Waals surface area contributed by atoms with E-state index < -0.39 is 0 Å². The van der Waals surface area contributed by atoms with Crippen molar-refractivity contribution in [2.75, 3.05) is 43.0 Å². The third kappa shape index (κ3) is 4.81. The van der Waals surface area contributed by atoms with Crippen LogP contribution < -0.4 is 21.3 Å². The first-order valence-electron chi connectivity index (χ1n) is 13.4. The molecule has 1 aromatic rings. The van der Waals surface area contributed by atoms with Gasteiger partial charge in [-0.2, -0.15) is 0 Å². The summed E-state index contributed by atoms with van der Waals surface area (Å²) in [6, 6.07) is 2.79. The number of dihydropyridines is 1. The molecule has 3 N–H and O–H groups in total. The monoisotopic (exact) mass is 500 g/mol. The molecule has 1 amide bonds. The molecule has 0 aromatic carbocycles. The second kappa shape index (κ2) is 9.79. The minimum atomic E-state index is -0.0847. The van der Waals surface area contributed by atoms with Crippen molar-refractivity contribution in [2.45, 2.75) is 46.1 Å². The van der Waals surface area contributed by atoms with E-state index in [-0.39, 0.29) is 11.8 Å². The lowest BCUT2D eigenvalue weighted by molar-refractivity contribution is -0.112. The van der Waals surface area contributed by atoms with Gasteiger partial charge in [-0.15, -0.1) is 5.53 Å². The zero-order valence-electron chi connectivity index (χ0n) is 21.9. The Kier molecular flexibility index (Phi) is 6.34. The summed E-state index contributed by atoms with van der Waals surface area (Å²) in [6.07, 6.45) is 13.7. The first-order chi connectivity index (χ1) is 18.0. The zero-order valence-corrected chi connectivity index (χ0v) is 21.9. The number of pyridine rings is 1. The fourth-order valence-corrected chi connectivity index (χ4v) is 5.60. The predicted molar refractivity (Wildman–Crippen MR) is 147 cm³/mol. The van der Waals surface area contributed by atoms with E-state index in [9.17, 15) is 4.79 Å². The Hall–Kier alpha value is -3.43. The van der Waals surface area contributed by atoms with Crippen molar-refractivity contribution >= 4 is 23.5 Å². The van der Waals surface area contributed by atoms with E-state index in [0.717, 1.165) is 73.4 Å². The van der Waals surface area contributed by atoms with Gasteiger partial charge < -0.3 is 15.6 Å². The van der Waals surface area contributed by atoms with E-state index in [1.165, 1.54) is 24.1 Å². The molecule has 9 heteroatoms. The normalized spacial score (nSPS) is 23.9. The van der Waals surface area contributed by atoms with Crippen molar-refractivity contribution in [3.63, 3.8) is 0 Å². The SMILES string of the molecule is CCC1=C(C(=O)Nc2cnc(C)c(N3C=C(C4C=C(N5CCN(C6CC6)CC5)C=NC4)NN3)c2)C=C1C. The van der Waals surface area contributed by atoms with Crippen LogP contribution in [-0.2, 0) is 4.79 Å². The number of rotatable bonds is 7. The van der Waals surface area contributed by atoms with Gasteiger partial charge in [0.25, 0.3) is 5.91 Å². The molecule has 1 saturated heterocycles. The second-order valence-electron chi connectivity index (χ2n) is 10.5. The Balaban J connectivity index is 1.13. The Bertz CT molecular complexity index is 1250. The maximum atomic E-state index is 12.8. The fourth-order valence-electron chi connectivity index (χ4n) is 5.60. The average molecular weight is 501 g/mol. The van der Waals surface area contributed by atoms with Crippen LogP contribution in [-0.4, -0.2) is 65.7 Å². The van der Waals surface area contributed by atoms with E-state index in [1.807, 2.05) is 37.2 Å². The number of carbonyl (C=O) groups excluding carboxylic acids is 1. The highest BCUT2D eigenvalue weighted by atomic mass is 16.1. The van der Waals surface area contributed by atoms with Crippen molar-refractivity contribution in [1.82, 2.24) is 25.7 Å². The van der Waals surface area contributed by atoms with Gasteiger partial charge in [0.15, 0.2) is 0 Å². The number of allylic oxidation sites excluding steroid dienone is 3. The Morgan fingerprint density at radius 2 is 2.00 bits per heavy atom. The number of aromatic nitrogens is 1. The van der Waals surface area contributed by atoms with Gasteiger partial charge in [0.1, 0.15) is 0 Å². The van der Waals surface area contributed by atoms with Crippen molar-refractivity contribution in [1.29, 1.82) is 0 Å². The smallest absolute Gasteiger partial charge is 0.256 e. The number of nitrogens with one attached hydrogen (secondary N) is 3. The topological polar surface area (TPSA) is 88.1 Å². The van der Waals surface area contributed by atoms with E-state index in [1.54, 1.807) is 6.20 Å². The van der Waals surface area contributed by atoms with Crippen LogP contribution in [0.5, 0.6) is 0 Å². The molecule has 0 spiro atoms. The van der Waals surface area contributed by atoms with Gasteiger partial charge in [-0.1, -0.05) is 6.92 Å². The van der Waals surface area contributed by atoms with Crippen LogP contribution in [0, 0.1) is 12.8 Å². The summed E-state index contributed by atoms with van der Waals surface area (Å²) in [5, 5.41) is 4.94. The first-order valence-corrected chi connectivity index (χ1v) is 13.4. The molecule has 3 aliphatic heterocycles. The average Bonchev–Trinajstić information content (AvgIpc) is 3.65. The van der Waals surface area contributed by atoms with E-state index >= 15 is 0 Å². The van der Waals surface area contributed by atoms with Gasteiger partial charge in [0.2, 0.25) is 0 Å². The molecule has 1 atom stereocenters. The lowest BCUT2D eigenvalue weighted by atomic mass is 9.87. The van der Waals surface area contributed by atoms with Crippen LogP contribution in [0.2, 0.25) is 0 Å². The van der Waals surface area contributed by atoms with Gasteiger partial charge in [0.05, 0.1) is 41.2 Å². The molecule has 9 nitrogen and oxygen atoms in total. The number of aliphatic imine (C=N–C) groups is 1. The number of piperazine rings is 1. The fraction of sp³-hybridized carbons (Fsp3) is 0.464. The second-order valence-corrected chi connectivity index (χ2v) is 10.5. The highest BCUT2D eigenvalue weighted by molar-refractivity contribution is 6.09. The summed E-state index contributed by atoms with van der Waals surface area (Å²) < 4.78 is 0. The van der Waals surface area contributed by atoms with Gasteiger partial charge in [-0.25, -0.2) is 0 Å². The Morgan fingerprint density at radius 3 is 2.73 bits per heavy atom. The molecule has 1 unspecified atom stereocenters. The van der Waals surface area contributed by atoms with E-state index in [0.29, 0.717) is 5.69 Å². The van der Waals surface area contributed by atoms with Crippen molar-refractivity contribution in [3.05, 3.63) is 64.4 Å². The lowest BCUT2D eigenvalue weighted by Gasteiger charge is -2.37. The van der Waals surface area contributed by atoms with Gasteiger partial charge >= 0.3 is 0 Å². The minimum Gasteiger partial charge on any atom is -0.368 e. The van der Waals surface area contributed by atoms with Crippen molar-refractivity contribution < 1.29 is 4.79 Å². The minimum absolute atomic E-state index is 0.0847. The third-order valence-corrected chi connectivity index (χ3v) is 7.97. The van der Waals surface area contributed by atoms with Crippen LogP contribution in [0.25, 0.3) is 0 Å². The van der Waals surface area contributed by atoms with Crippen LogP contribution in [0.15, 0.2) is 63.7 Å². The molecule has 2 fully saturated rings. The van der Waals surface area contributed by atoms with Gasteiger partial charge in [-0.3, -0.25) is 24.7 Å². The van der Waals surface area contributed by atoms with Crippen molar-refractivity contribution in [3.8, 4) is 0 Å². The molecule has 2 aliphatic carbocycles. The number of hydrazine groups is 2. The Morgan fingerprint density at radius 1 is 1.19 bits per heavy atom. The number of amides is 1. The molecule has 4 heterocycles. The first kappa shape index (κ1) is 23.9. The summed E-state index contributed by atoms with van der Waals surface area (Å²) in [7, 11) is 0. The van der Waals surface area contributed by atoms with E-state index in [2.05, 4.69) is 50.3 Å². The number of aryl methyl sites for hydroxylation is 1. The van der Waals surface area contributed by atoms with E-state index in [4.69, 9.17) is 4.99 Å². The summed E-state index contributed by atoms with van der Waals surface area (Å²) in [5.74, 6) is 0.0849. The van der Waals surface area contributed by atoms with Crippen molar-refractivity contribution in [2.24, 2.45) is 10.9 Å². The number of nitrogens with zero attached hydrogens (tertiary/aromatic N) is 5. The summed E-state index contributed by atoms with van der Waals surface area (Å²) in [5.41, 5.74) is 14.4. The highest BCUT2D eigenvalue weighted by Crippen LogP contribution is 2.32. The molecule has 0 radical (unpaired) electrons. The van der Waals surface area contributed by atoms with Crippen LogP contribution >= 0.6 is 0 Å². The molecular formula is C28H36N8O. The molecule has 6 rings (SSSR count). The molecular weight excluding hydrogens is 464 g/mol. The highest BCUT2D eigenvalue weighted by Gasteiger charge is 2.32. The quantitative estimate of drug-likeness (QED) is 0.530. The Labute approximate surface area is 218 Å². The maximum absolute atomic E-state index is 12.8. The molecule has 5 aliphatic rings. The third-order valence-electron chi connectivity index (χ3n) is 7.97. The molecule has 194 valence electrons. The largest absolute Gasteiger partial charge is 0.368 e. The number of hydrogen-bond acceptors (Lipinski definition) is 8. The predicted octanol–water partition coefficient (Wildman–Crippen LogP) is 3.03. The number of anilines is 2. The maximum Gasteiger partial charge on any atom is 0.256 e. The molecule has 1 aromatic heterocycles. The standard InChI is InChI=1S/C28H36N8O/c1-4-24-18(2)11-25(24)28(37)31-21-13-27(19(3)30-15-21)36-17-26(32-33-36)20-12-23(16-29-14-20)35-9-7-34(8-10-35)22-5-6-22/h11-13,15-17,20,22,32-33H,4-10,14H2,1-3H3,(H,31,37). The zero-order chi connectivity index (χ0) is 25.5. The summed E-state index contributed by atoms with van der Waals surface area (Å²) >= 11 is 0. The molecule has 37 heavy (non-hydrogen) atoms. The molecule has 1 saturated carbocycles.